The molecule has 0 bridgehead atoms. The van der Waals surface area contributed by atoms with Gasteiger partial charge in [-0.25, -0.2) is 19.5 Å². The molecule has 39 heavy (non-hydrogen) atoms. The third kappa shape index (κ3) is 6.24. The average Bonchev–Trinajstić information content (AvgIpc) is 3.52. The monoisotopic (exact) mass is 554 g/mol. The highest BCUT2D eigenvalue weighted by Gasteiger charge is 2.40. The van der Waals surface area contributed by atoms with Gasteiger partial charge in [0.2, 0.25) is 0 Å². The van der Waals surface area contributed by atoms with Crippen LogP contribution in [0.25, 0.3) is 11.2 Å². The second kappa shape index (κ2) is 11.5. The van der Waals surface area contributed by atoms with Crippen LogP contribution in [-0.4, -0.2) is 60.6 Å². The highest BCUT2D eigenvalue weighted by Crippen LogP contribution is 2.46. The summed E-state index contributed by atoms with van der Waals surface area (Å²) in [5.41, 5.74) is 7.34. The molecule has 5 rings (SSSR count). The second-order valence-electron chi connectivity index (χ2n) is 8.94. The SMILES string of the molecule is Nc1ncnc2c1ncn2[C@@H]1O[C@H](COP(=O)(NC(Cc2ccccc2)C(=O)O)Oc2ccccc2)C[C@H]1O. The number of ether oxygens (including phenoxy) is 1. The van der Waals surface area contributed by atoms with E-state index >= 15 is 0 Å². The van der Waals surface area contributed by atoms with Crippen LogP contribution in [0.4, 0.5) is 5.82 Å². The van der Waals surface area contributed by atoms with Gasteiger partial charge in [-0.3, -0.25) is 13.9 Å². The summed E-state index contributed by atoms with van der Waals surface area (Å²) in [7, 11) is -4.23. The number of aliphatic hydroxyl groups excluding tert-OH is 1. The Morgan fingerprint density at radius 3 is 2.59 bits per heavy atom. The van der Waals surface area contributed by atoms with Gasteiger partial charge in [0.15, 0.2) is 17.7 Å². The van der Waals surface area contributed by atoms with Crippen molar-refractivity contribution in [2.75, 3.05) is 12.3 Å². The molecule has 13 nitrogen and oxygen atoms in total. The molecule has 2 aromatic heterocycles. The van der Waals surface area contributed by atoms with Gasteiger partial charge in [-0.2, -0.15) is 5.09 Å². The van der Waals surface area contributed by atoms with E-state index in [9.17, 15) is 19.6 Å². The lowest BCUT2D eigenvalue weighted by molar-refractivity contribution is -0.139. The lowest BCUT2D eigenvalue weighted by Crippen LogP contribution is -2.38. The molecule has 1 aliphatic rings. The molecule has 14 heteroatoms. The maximum absolute atomic E-state index is 13.9. The van der Waals surface area contributed by atoms with Gasteiger partial charge >= 0.3 is 13.7 Å². The Morgan fingerprint density at radius 2 is 1.87 bits per heavy atom. The van der Waals surface area contributed by atoms with Crippen molar-refractivity contribution in [2.45, 2.75) is 37.3 Å². The number of carboxylic acid groups (broad SMARTS) is 1. The van der Waals surface area contributed by atoms with E-state index in [-0.39, 0.29) is 31.0 Å². The maximum atomic E-state index is 13.9. The van der Waals surface area contributed by atoms with Gasteiger partial charge in [0.1, 0.15) is 29.7 Å². The van der Waals surface area contributed by atoms with E-state index < -0.39 is 38.2 Å². The molecule has 5 N–H and O–H groups in total. The number of carboxylic acids is 1. The number of aliphatic carboxylic acids is 1. The van der Waals surface area contributed by atoms with Crippen molar-refractivity contribution in [2.24, 2.45) is 0 Å². The molecule has 0 radical (unpaired) electrons. The number of carbonyl (C=O) groups is 1. The number of rotatable bonds is 11. The van der Waals surface area contributed by atoms with Crippen LogP contribution in [0, 0.1) is 0 Å². The van der Waals surface area contributed by atoms with Crippen LogP contribution in [0.2, 0.25) is 0 Å². The number of aromatic nitrogens is 4. The largest absolute Gasteiger partial charge is 0.480 e. The minimum Gasteiger partial charge on any atom is -0.480 e. The van der Waals surface area contributed by atoms with E-state index in [1.165, 1.54) is 17.2 Å². The second-order valence-corrected chi connectivity index (χ2v) is 10.6. The summed E-state index contributed by atoms with van der Waals surface area (Å²) in [6, 6.07) is 15.9. The smallest absolute Gasteiger partial charge is 0.459 e. The van der Waals surface area contributed by atoms with Crippen molar-refractivity contribution < 1.29 is 33.4 Å². The topological polar surface area (TPSA) is 184 Å². The zero-order valence-corrected chi connectivity index (χ0v) is 21.5. The normalized spacial score (nSPS) is 21.4. The molecule has 0 amide bonds. The van der Waals surface area contributed by atoms with E-state index in [1.807, 2.05) is 6.07 Å². The predicted molar refractivity (Wildman–Crippen MR) is 140 cm³/mol. The number of hydrogen-bond donors (Lipinski definition) is 4. The number of nitrogen functional groups attached to an aromatic ring is 1. The molecule has 3 heterocycles. The quantitative estimate of drug-likeness (QED) is 0.199. The fourth-order valence-electron chi connectivity index (χ4n) is 4.26. The number of fused-ring (bicyclic) bond motifs is 1. The van der Waals surface area contributed by atoms with Crippen molar-refractivity contribution in [3.05, 3.63) is 78.9 Å². The molecule has 0 aliphatic carbocycles. The molecule has 204 valence electrons. The van der Waals surface area contributed by atoms with Crippen molar-refractivity contribution in [3.63, 3.8) is 0 Å². The summed E-state index contributed by atoms with van der Waals surface area (Å²) in [6.45, 7) is -0.258. The van der Waals surface area contributed by atoms with E-state index in [4.69, 9.17) is 19.5 Å². The first-order chi connectivity index (χ1) is 18.8. The van der Waals surface area contributed by atoms with Crippen molar-refractivity contribution in [1.82, 2.24) is 24.6 Å². The minimum atomic E-state index is -4.23. The van der Waals surface area contributed by atoms with E-state index in [1.54, 1.807) is 54.6 Å². The van der Waals surface area contributed by atoms with Crippen molar-refractivity contribution >= 4 is 30.7 Å². The third-order valence-electron chi connectivity index (χ3n) is 6.12. The predicted octanol–water partition coefficient (Wildman–Crippen LogP) is 2.55. The summed E-state index contributed by atoms with van der Waals surface area (Å²) in [6.07, 6.45) is 0.399. The van der Waals surface area contributed by atoms with Gasteiger partial charge in [-0.1, -0.05) is 48.5 Å². The molecule has 4 aromatic rings. The highest BCUT2D eigenvalue weighted by molar-refractivity contribution is 7.52. The van der Waals surface area contributed by atoms with E-state index in [0.29, 0.717) is 11.2 Å². The van der Waals surface area contributed by atoms with Crippen LogP contribution in [0.1, 0.15) is 18.2 Å². The summed E-state index contributed by atoms with van der Waals surface area (Å²) in [5.74, 6) is -0.801. The molecule has 2 aromatic carbocycles. The van der Waals surface area contributed by atoms with Gasteiger partial charge in [0.05, 0.1) is 19.0 Å². The van der Waals surface area contributed by atoms with Crippen molar-refractivity contribution in [3.8, 4) is 5.75 Å². The number of para-hydroxylation sites is 1. The molecule has 0 saturated carbocycles. The Bertz CT molecular complexity index is 1470. The van der Waals surface area contributed by atoms with Gasteiger partial charge in [-0.15, -0.1) is 0 Å². The number of nitrogens with two attached hydrogens (primary N) is 1. The minimum absolute atomic E-state index is 0.0427. The van der Waals surface area contributed by atoms with Crippen LogP contribution in [0.3, 0.4) is 0 Å². The number of nitrogens with one attached hydrogen (secondary N) is 1. The zero-order valence-electron chi connectivity index (χ0n) is 20.6. The summed E-state index contributed by atoms with van der Waals surface area (Å²) < 4.78 is 32.8. The van der Waals surface area contributed by atoms with Crippen LogP contribution in [0.15, 0.2) is 73.3 Å². The first-order valence-electron chi connectivity index (χ1n) is 12.1. The third-order valence-corrected chi connectivity index (χ3v) is 7.69. The standard InChI is InChI=1S/C25H27N6O7P/c26-22-21-23(28-14-27-22)31(15-29-21)24-20(32)12-18(37-24)13-36-39(35,38-17-9-5-2-6-10-17)30-19(25(33)34)11-16-7-3-1-4-8-16/h1-10,14-15,18-20,24,32H,11-13H2,(H,30,35)(H,33,34)(H2,26,27,28)/t18-,19?,20+,24+,39?/m0/s1. The zero-order chi connectivity index (χ0) is 27.4. The summed E-state index contributed by atoms with van der Waals surface area (Å²) in [5, 5.41) is 23.1. The van der Waals surface area contributed by atoms with E-state index in [2.05, 4.69) is 20.0 Å². The molecule has 1 fully saturated rings. The fourth-order valence-corrected chi connectivity index (χ4v) is 5.79. The molecule has 0 spiro atoms. The Hall–Kier alpha value is -3.87. The fraction of sp³-hybridized carbons (Fsp3) is 0.280. The number of nitrogens with zero attached hydrogens (tertiary/aromatic N) is 4. The first-order valence-corrected chi connectivity index (χ1v) is 13.7. The van der Waals surface area contributed by atoms with Crippen LogP contribution in [0.5, 0.6) is 5.75 Å². The molecule has 1 saturated heterocycles. The van der Waals surface area contributed by atoms with Crippen molar-refractivity contribution in [1.29, 1.82) is 0 Å². The molecule has 2 unspecified atom stereocenters. The van der Waals surface area contributed by atoms with E-state index in [0.717, 1.165) is 5.56 Å². The van der Waals surface area contributed by atoms with Gasteiger partial charge in [0, 0.05) is 6.42 Å². The molecular formula is C25H27N6O7P. The summed E-state index contributed by atoms with van der Waals surface area (Å²) >= 11 is 0. The Labute approximate surface area is 223 Å². The van der Waals surface area contributed by atoms with Gasteiger partial charge in [0.25, 0.3) is 0 Å². The number of anilines is 1. The van der Waals surface area contributed by atoms with Crippen LogP contribution >= 0.6 is 7.75 Å². The van der Waals surface area contributed by atoms with Crippen LogP contribution in [-0.2, 0) is 25.0 Å². The Morgan fingerprint density at radius 1 is 1.15 bits per heavy atom. The van der Waals surface area contributed by atoms with Crippen LogP contribution < -0.4 is 15.3 Å². The molecule has 5 atom stereocenters. The lowest BCUT2D eigenvalue weighted by atomic mass is 10.1. The number of aliphatic hydroxyl groups is 1. The Balaban J connectivity index is 1.32. The number of benzene rings is 2. The van der Waals surface area contributed by atoms with Gasteiger partial charge in [-0.05, 0) is 24.1 Å². The highest BCUT2D eigenvalue weighted by atomic mass is 31.2. The first kappa shape index (κ1) is 26.7. The lowest BCUT2D eigenvalue weighted by Gasteiger charge is -2.25. The maximum Gasteiger partial charge on any atom is 0.459 e. The molecule has 1 aliphatic heterocycles. The summed E-state index contributed by atoms with van der Waals surface area (Å²) in [4.78, 5) is 24.3. The average molecular weight is 555 g/mol. The van der Waals surface area contributed by atoms with Gasteiger partial charge < -0.3 is 25.2 Å². The molecular weight excluding hydrogens is 527 g/mol. The number of imidazole rings is 1. The Kier molecular flexibility index (Phi) is 7.87. The number of hydrogen-bond acceptors (Lipinski definition) is 10.